The summed E-state index contributed by atoms with van der Waals surface area (Å²) in [6, 6.07) is 3.65. The predicted octanol–water partition coefficient (Wildman–Crippen LogP) is 3.20. The molecule has 1 rings (SSSR count). The molecule has 1 aromatic carbocycles. The highest BCUT2D eigenvalue weighted by atomic mass is 35.5. The van der Waals surface area contributed by atoms with E-state index < -0.39 is 0 Å². The van der Waals surface area contributed by atoms with Gasteiger partial charge in [-0.3, -0.25) is 4.79 Å². The molecule has 0 heterocycles. The van der Waals surface area contributed by atoms with Crippen LogP contribution in [0.4, 0.5) is 0 Å². The summed E-state index contributed by atoms with van der Waals surface area (Å²) in [5.74, 6) is 0.690. The lowest BCUT2D eigenvalue weighted by Crippen LogP contribution is -2.04. The highest BCUT2D eigenvalue weighted by Crippen LogP contribution is 2.30. The summed E-state index contributed by atoms with van der Waals surface area (Å²) in [6.07, 6.45) is 1.77. The van der Waals surface area contributed by atoms with E-state index in [2.05, 4.69) is 0 Å². The van der Waals surface area contributed by atoms with Crippen LogP contribution in [0.3, 0.4) is 0 Å². The summed E-state index contributed by atoms with van der Waals surface area (Å²) in [5.41, 5.74) is 1.83. The zero-order valence-corrected chi connectivity index (χ0v) is 10.8. The molecule has 3 nitrogen and oxygen atoms in total. The molecule has 0 aliphatic rings. The van der Waals surface area contributed by atoms with Gasteiger partial charge in [-0.05, 0) is 30.5 Å². The number of aldehydes is 1. The standard InChI is InChI=1S/C13H16ClNO2/c1-3-4-17-13-9(2)5-10(7-12(13)14)6-11(15)8-16/h5,7-8,15H,3-4,6H2,1-2H3. The van der Waals surface area contributed by atoms with Gasteiger partial charge in [0.1, 0.15) is 5.75 Å². The van der Waals surface area contributed by atoms with Crippen LogP contribution in [0, 0.1) is 12.3 Å². The van der Waals surface area contributed by atoms with Gasteiger partial charge in [0.25, 0.3) is 0 Å². The van der Waals surface area contributed by atoms with Gasteiger partial charge in [0.15, 0.2) is 6.29 Å². The summed E-state index contributed by atoms with van der Waals surface area (Å²) in [6.45, 7) is 4.57. The monoisotopic (exact) mass is 253 g/mol. The third-order valence-corrected chi connectivity index (χ3v) is 2.56. The van der Waals surface area contributed by atoms with Gasteiger partial charge < -0.3 is 10.1 Å². The number of halogens is 1. The van der Waals surface area contributed by atoms with Crippen molar-refractivity contribution in [1.82, 2.24) is 0 Å². The van der Waals surface area contributed by atoms with Gasteiger partial charge in [-0.15, -0.1) is 0 Å². The van der Waals surface area contributed by atoms with Crippen LogP contribution in [0.15, 0.2) is 12.1 Å². The number of carbonyl (C=O) groups excluding carboxylic acids is 1. The summed E-state index contributed by atoms with van der Waals surface area (Å²) in [4.78, 5) is 10.4. The minimum absolute atomic E-state index is 0.0442. The smallest absolute Gasteiger partial charge is 0.163 e. The molecule has 0 saturated heterocycles. The number of ether oxygens (including phenoxy) is 1. The Hall–Kier alpha value is -1.35. The molecule has 4 heteroatoms. The Kier molecular flexibility index (Phi) is 5.16. The van der Waals surface area contributed by atoms with Crippen LogP contribution in [0.25, 0.3) is 0 Å². The van der Waals surface area contributed by atoms with Crippen LogP contribution in [0.2, 0.25) is 5.02 Å². The third kappa shape index (κ3) is 3.86. The molecule has 0 unspecified atom stereocenters. The fraction of sp³-hybridized carbons (Fsp3) is 0.385. The molecule has 1 aromatic rings. The van der Waals surface area contributed by atoms with E-state index in [4.69, 9.17) is 21.7 Å². The number of nitrogens with one attached hydrogen (secondary N) is 1. The fourth-order valence-electron chi connectivity index (χ4n) is 1.55. The number of carbonyl (C=O) groups is 1. The topological polar surface area (TPSA) is 50.1 Å². The van der Waals surface area contributed by atoms with Crippen molar-refractivity contribution in [2.75, 3.05) is 6.61 Å². The SMILES string of the molecule is CCCOc1c(C)cc(CC(=N)C=O)cc1Cl. The lowest BCUT2D eigenvalue weighted by molar-refractivity contribution is -0.102. The predicted molar refractivity (Wildman–Crippen MR) is 69.5 cm³/mol. The number of hydrogen-bond donors (Lipinski definition) is 1. The Bertz CT molecular complexity index is 406. The molecule has 0 aliphatic carbocycles. The number of aryl methyl sites for hydroxylation is 1. The van der Waals surface area contributed by atoms with Crippen LogP contribution >= 0.6 is 11.6 Å². The van der Waals surface area contributed by atoms with Crippen molar-refractivity contribution in [2.24, 2.45) is 0 Å². The van der Waals surface area contributed by atoms with Crippen LogP contribution in [0.5, 0.6) is 5.75 Å². The molecule has 0 radical (unpaired) electrons. The fourth-order valence-corrected chi connectivity index (χ4v) is 1.90. The zero-order chi connectivity index (χ0) is 12.8. The average Bonchev–Trinajstić information content (AvgIpc) is 2.28. The number of rotatable bonds is 6. The van der Waals surface area contributed by atoms with E-state index in [-0.39, 0.29) is 5.71 Å². The van der Waals surface area contributed by atoms with Gasteiger partial charge in [0.2, 0.25) is 0 Å². The molecule has 17 heavy (non-hydrogen) atoms. The van der Waals surface area contributed by atoms with E-state index in [0.29, 0.717) is 30.1 Å². The number of benzene rings is 1. The number of hydrogen-bond acceptors (Lipinski definition) is 3. The van der Waals surface area contributed by atoms with Crippen molar-refractivity contribution in [1.29, 1.82) is 5.41 Å². The van der Waals surface area contributed by atoms with Crippen molar-refractivity contribution in [3.8, 4) is 5.75 Å². The Morgan fingerprint density at radius 2 is 2.24 bits per heavy atom. The molecule has 0 aliphatic heterocycles. The second-order valence-electron chi connectivity index (χ2n) is 3.89. The van der Waals surface area contributed by atoms with E-state index in [1.807, 2.05) is 19.9 Å². The first-order chi connectivity index (χ1) is 8.08. The average molecular weight is 254 g/mol. The quantitative estimate of drug-likeness (QED) is 0.625. The molecule has 0 bridgehead atoms. The van der Waals surface area contributed by atoms with Crippen LogP contribution < -0.4 is 4.74 Å². The van der Waals surface area contributed by atoms with Gasteiger partial charge in [-0.1, -0.05) is 24.6 Å². The minimum Gasteiger partial charge on any atom is -0.492 e. The van der Waals surface area contributed by atoms with Gasteiger partial charge in [0, 0.05) is 6.42 Å². The molecule has 0 saturated carbocycles. The van der Waals surface area contributed by atoms with Crippen LogP contribution in [0.1, 0.15) is 24.5 Å². The van der Waals surface area contributed by atoms with E-state index >= 15 is 0 Å². The molecule has 0 atom stereocenters. The van der Waals surface area contributed by atoms with Crippen LogP contribution in [-0.2, 0) is 11.2 Å². The summed E-state index contributed by atoms with van der Waals surface area (Å²) in [7, 11) is 0. The Morgan fingerprint density at radius 3 is 2.76 bits per heavy atom. The van der Waals surface area contributed by atoms with E-state index in [1.54, 1.807) is 6.07 Å². The molecule has 0 spiro atoms. The molecule has 92 valence electrons. The normalized spacial score (nSPS) is 10.1. The maximum atomic E-state index is 10.4. The van der Waals surface area contributed by atoms with Gasteiger partial charge in [0.05, 0.1) is 17.3 Å². The minimum atomic E-state index is 0.0442. The molecule has 0 aromatic heterocycles. The highest BCUT2D eigenvalue weighted by molar-refractivity contribution is 6.32. The molecule has 1 N–H and O–H groups in total. The Labute approximate surface area is 106 Å². The highest BCUT2D eigenvalue weighted by Gasteiger charge is 2.09. The van der Waals surface area contributed by atoms with Gasteiger partial charge >= 0.3 is 0 Å². The van der Waals surface area contributed by atoms with E-state index in [9.17, 15) is 4.79 Å². The Balaban J connectivity index is 2.92. The summed E-state index contributed by atoms with van der Waals surface area (Å²) >= 11 is 6.11. The van der Waals surface area contributed by atoms with Crippen molar-refractivity contribution < 1.29 is 9.53 Å². The van der Waals surface area contributed by atoms with Gasteiger partial charge in [-0.25, -0.2) is 0 Å². The molecule has 0 amide bonds. The third-order valence-electron chi connectivity index (χ3n) is 2.28. The molecular weight excluding hydrogens is 238 g/mol. The second kappa shape index (κ2) is 6.40. The summed E-state index contributed by atoms with van der Waals surface area (Å²) < 4.78 is 5.55. The molecular formula is C13H16ClNO2. The second-order valence-corrected chi connectivity index (χ2v) is 4.30. The Morgan fingerprint density at radius 1 is 1.53 bits per heavy atom. The first-order valence-electron chi connectivity index (χ1n) is 5.53. The summed E-state index contributed by atoms with van der Waals surface area (Å²) in [5, 5.41) is 7.87. The zero-order valence-electron chi connectivity index (χ0n) is 10.0. The van der Waals surface area contributed by atoms with Gasteiger partial charge in [-0.2, -0.15) is 0 Å². The first-order valence-corrected chi connectivity index (χ1v) is 5.90. The maximum absolute atomic E-state index is 10.4. The lowest BCUT2D eigenvalue weighted by Gasteiger charge is -2.12. The largest absolute Gasteiger partial charge is 0.492 e. The van der Waals surface area contributed by atoms with Crippen molar-refractivity contribution in [3.05, 3.63) is 28.3 Å². The lowest BCUT2D eigenvalue weighted by atomic mass is 10.1. The van der Waals surface area contributed by atoms with E-state index in [1.165, 1.54) is 0 Å². The van der Waals surface area contributed by atoms with Crippen molar-refractivity contribution >= 4 is 23.6 Å². The maximum Gasteiger partial charge on any atom is 0.163 e. The van der Waals surface area contributed by atoms with E-state index in [0.717, 1.165) is 17.5 Å². The molecule has 0 fully saturated rings. The first kappa shape index (κ1) is 13.7. The van der Waals surface area contributed by atoms with Crippen molar-refractivity contribution in [2.45, 2.75) is 26.7 Å². The van der Waals surface area contributed by atoms with Crippen LogP contribution in [-0.4, -0.2) is 18.6 Å². The van der Waals surface area contributed by atoms with Crippen molar-refractivity contribution in [3.63, 3.8) is 0 Å².